The summed E-state index contributed by atoms with van der Waals surface area (Å²) in [6.07, 6.45) is 5.41. The van der Waals surface area contributed by atoms with Gasteiger partial charge in [-0.3, -0.25) is 4.79 Å². The topological polar surface area (TPSA) is 51.7 Å². The number of fused-ring (bicyclic) bond motifs is 1. The number of thiazole rings is 1. The maximum atomic E-state index is 12.7. The maximum Gasteiger partial charge on any atom is 0.246 e. The van der Waals surface area contributed by atoms with Gasteiger partial charge in [0.1, 0.15) is 0 Å². The van der Waals surface area contributed by atoms with Gasteiger partial charge >= 0.3 is 0 Å². The highest BCUT2D eigenvalue weighted by atomic mass is 32.1. The first-order chi connectivity index (χ1) is 15.2. The molecule has 1 saturated heterocycles. The van der Waals surface area contributed by atoms with Crippen LogP contribution in [0.5, 0.6) is 11.5 Å². The summed E-state index contributed by atoms with van der Waals surface area (Å²) in [6.45, 7) is 6.56. The lowest BCUT2D eigenvalue weighted by Crippen LogP contribution is -2.36. The average Bonchev–Trinajstić information content (AvgIpc) is 3.24. The zero-order chi connectivity index (χ0) is 21.6. The average molecular weight is 437 g/mol. The number of carbonyl (C=O) groups excluding carboxylic acids is 1. The van der Waals surface area contributed by atoms with Crippen molar-refractivity contribution in [3.63, 3.8) is 0 Å². The molecule has 5 nitrogen and oxygen atoms in total. The number of ether oxygens (including phenoxy) is 2. The minimum atomic E-state index is 0.0506. The van der Waals surface area contributed by atoms with E-state index in [2.05, 4.69) is 18.2 Å². The highest BCUT2D eigenvalue weighted by Crippen LogP contribution is 2.34. The first kappa shape index (κ1) is 21.4. The van der Waals surface area contributed by atoms with Gasteiger partial charge in [-0.2, -0.15) is 0 Å². The molecule has 4 rings (SSSR count). The molecule has 0 bridgehead atoms. The number of aromatic nitrogens is 1. The molecule has 0 radical (unpaired) electrons. The van der Waals surface area contributed by atoms with Crippen molar-refractivity contribution in [2.75, 3.05) is 26.3 Å². The fourth-order valence-corrected chi connectivity index (χ4v) is 4.99. The molecule has 2 aromatic carbocycles. The van der Waals surface area contributed by atoms with Crippen LogP contribution < -0.4 is 9.47 Å². The van der Waals surface area contributed by atoms with Crippen LogP contribution in [-0.4, -0.2) is 42.1 Å². The summed E-state index contributed by atoms with van der Waals surface area (Å²) in [5, 5.41) is 1.20. The first-order valence-corrected chi connectivity index (χ1v) is 11.7. The molecule has 1 amide bonds. The molecule has 0 atom stereocenters. The lowest BCUT2D eigenvalue weighted by atomic mass is 9.97. The Morgan fingerprint density at radius 2 is 1.84 bits per heavy atom. The van der Waals surface area contributed by atoms with Gasteiger partial charge in [0.05, 0.1) is 28.4 Å². The lowest BCUT2D eigenvalue weighted by Gasteiger charge is -2.30. The summed E-state index contributed by atoms with van der Waals surface area (Å²) in [7, 11) is 0. The van der Waals surface area contributed by atoms with Crippen LogP contribution in [0.4, 0.5) is 0 Å². The van der Waals surface area contributed by atoms with Gasteiger partial charge in [0.15, 0.2) is 11.5 Å². The Balaban J connectivity index is 1.36. The van der Waals surface area contributed by atoms with Crippen molar-refractivity contribution < 1.29 is 14.3 Å². The van der Waals surface area contributed by atoms with Crippen LogP contribution in [0.1, 0.15) is 43.2 Å². The smallest absolute Gasteiger partial charge is 0.246 e. The van der Waals surface area contributed by atoms with E-state index in [9.17, 15) is 4.79 Å². The van der Waals surface area contributed by atoms with Gasteiger partial charge in [0.25, 0.3) is 0 Å². The van der Waals surface area contributed by atoms with E-state index in [1.165, 1.54) is 9.71 Å². The van der Waals surface area contributed by atoms with Gasteiger partial charge in [-0.05, 0) is 62.6 Å². The number of benzene rings is 2. The minimum absolute atomic E-state index is 0.0506. The number of piperidine rings is 1. The molecule has 1 aliphatic rings. The summed E-state index contributed by atoms with van der Waals surface area (Å²) >= 11 is 1.78. The van der Waals surface area contributed by atoms with Crippen molar-refractivity contribution in [1.82, 2.24) is 9.88 Å². The monoisotopic (exact) mass is 436 g/mol. The third kappa shape index (κ3) is 5.07. The van der Waals surface area contributed by atoms with E-state index in [0.29, 0.717) is 24.9 Å². The molecule has 0 aliphatic carbocycles. The quantitative estimate of drug-likeness (QED) is 0.458. The van der Waals surface area contributed by atoms with Crippen molar-refractivity contribution in [1.29, 1.82) is 0 Å². The van der Waals surface area contributed by atoms with Crippen molar-refractivity contribution in [2.45, 2.75) is 32.6 Å². The van der Waals surface area contributed by atoms with Gasteiger partial charge in [0, 0.05) is 25.1 Å². The number of likely N-dealkylation sites (tertiary alicyclic amines) is 1. The molecule has 2 heterocycles. The fraction of sp³-hybridized carbons (Fsp3) is 0.360. The number of hydrogen-bond acceptors (Lipinski definition) is 5. The number of rotatable bonds is 7. The van der Waals surface area contributed by atoms with E-state index in [4.69, 9.17) is 14.5 Å². The standard InChI is InChI=1S/C25H28N2O3S/c1-3-29-21-11-9-18(17-22(21)30-4-2)10-12-24(28)27-15-13-19(14-16-27)25-26-20-7-5-6-8-23(20)31-25/h5-12,17,19H,3-4,13-16H2,1-2H3/b12-10+. The van der Waals surface area contributed by atoms with Crippen molar-refractivity contribution >= 4 is 33.5 Å². The molecule has 6 heteroatoms. The van der Waals surface area contributed by atoms with E-state index < -0.39 is 0 Å². The van der Waals surface area contributed by atoms with Gasteiger partial charge in [-0.1, -0.05) is 18.2 Å². The second-order valence-corrected chi connectivity index (χ2v) is 8.59. The Bertz CT molecular complexity index is 1030. The SMILES string of the molecule is CCOc1ccc(/C=C/C(=O)N2CCC(c3nc4ccccc4s3)CC2)cc1OCC. The predicted molar refractivity (Wildman–Crippen MR) is 126 cm³/mol. The zero-order valence-corrected chi connectivity index (χ0v) is 18.9. The minimum Gasteiger partial charge on any atom is -0.490 e. The maximum absolute atomic E-state index is 12.7. The molecule has 1 fully saturated rings. The largest absolute Gasteiger partial charge is 0.490 e. The van der Waals surface area contributed by atoms with Crippen molar-refractivity contribution in [3.8, 4) is 11.5 Å². The van der Waals surface area contributed by atoms with E-state index >= 15 is 0 Å². The molecule has 1 aliphatic heterocycles. The van der Waals surface area contributed by atoms with E-state index in [0.717, 1.165) is 42.8 Å². The van der Waals surface area contributed by atoms with Crippen LogP contribution in [0.3, 0.4) is 0 Å². The van der Waals surface area contributed by atoms with Crippen molar-refractivity contribution in [2.24, 2.45) is 0 Å². The Labute approximate surface area is 187 Å². The van der Waals surface area contributed by atoms with Crippen molar-refractivity contribution in [3.05, 3.63) is 59.1 Å². The molecule has 0 N–H and O–H groups in total. The molecule has 0 spiro atoms. The zero-order valence-electron chi connectivity index (χ0n) is 18.0. The van der Waals surface area contributed by atoms with Crippen LogP contribution in [0, 0.1) is 0 Å². The molecule has 1 aromatic heterocycles. The summed E-state index contributed by atoms with van der Waals surface area (Å²) in [6, 6.07) is 14.0. The molecule has 0 saturated carbocycles. The molecule has 31 heavy (non-hydrogen) atoms. The number of hydrogen-bond donors (Lipinski definition) is 0. The normalized spacial score (nSPS) is 15.0. The number of para-hydroxylation sites is 1. The molecule has 0 unspecified atom stereocenters. The van der Waals surface area contributed by atoms with E-state index in [-0.39, 0.29) is 5.91 Å². The Hall–Kier alpha value is -2.86. The second-order valence-electron chi connectivity index (χ2n) is 7.52. The second kappa shape index (κ2) is 9.96. The Kier molecular flexibility index (Phi) is 6.87. The van der Waals surface area contributed by atoms with Crippen LogP contribution in [0.25, 0.3) is 16.3 Å². The number of nitrogens with zero attached hydrogens (tertiary/aromatic N) is 2. The first-order valence-electron chi connectivity index (χ1n) is 10.9. The molecular weight excluding hydrogens is 408 g/mol. The Morgan fingerprint density at radius 1 is 1.10 bits per heavy atom. The lowest BCUT2D eigenvalue weighted by molar-refractivity contribution is -0.126. The highest BCUT2D eigenvalue weighted by Gasteiger charge is 2.25. The summed E-state index contributed by atoms with van der Waals surface area (Å²) in [5.74, 6) is 1.92. The third-order valence-corrected chi connectivity index (χ3v) is 6.65. The number of amides is 1. The predicted octanol–water partition coefficient (Wildman–Crippen LogP) is 5.51. The molecule has 162 valence electrons. The molecular formula is C25H28N2O3S. The van der Waals surface area contributed by atoms with Crippen LogP contribution in [0.2, 0.25) is 0 Å². The van der Waals surface area contributed by atoms with Crippen LogP contribution in [-0.2, 0) is 4.79 Å². The van der Waals surface area contributed by atoms with E-state index in [1.807, 2.05) is 49.1 Å². The van der Waals surface area contributed by atoms with Gasteiger partial charge in [-0.25, -0.2) is 4.98 Å². The van der Waals surface area contributed by atoms with E-state index in [1.54, 1.807) is 17.4 Å². The Morgan fingerprint density at radius 3 is 2.58 bits per heavy atom. The summed E-state index contributed by atoms with van der Waals surface area (Å²) in [4.78, 5) is 19.4. The highest BCUT2D eigenvalue weighted by molar-refractivity contribution is 7.18. The van der Waals surface area contributed by atoms with Crippen LogP contribution >= 0.6 is 11.3 Å². The number of carbonyl (C=O) groups is 1. The van der Waals surface area contributed by atoms with Gasteiger partial charge in [-0.15, -0.1) is 11.3 Å². The summed E-state index contributed by atoms with van der Waals surface area (Å²) < 4.78 is 12.5. The third-order valence-electron chi connectivity index (χ3n) is 5.45. The summed E-state index contributed by atoms with van der Waals surface area (Å²) in [5.41, 5.74) is 2.00. The van der Waals surface area contributed by atoms with Gasteiger partial charge in [0.2, 0.25) is 5.91 Å². The molecule has 3 aromatic rings. The fourth-order valence-electron chi connectivity index (χ4n) is 3.86. The van der Waals surface area contributed by atoms with Gasteiger partial charge < -0.3 is 14.4 Å². The van der Waals surface area contributed by atoms with Crippen LogP contribution in [0.15, 0.2) is 48.5 Å².